The molecule has 0 radical (unpaired) electrons. The third kappa shape index (κ3) is 4.33. The lowest BCUT2D eigenvalue weighted by atomic mass is 10.0. The summed E-state index contributed by atoms with van der Waals surface area (Å²) in [6.07, 6.45) is 1.45. The molecule has 140 valence electrons. The first-order valence-electron chi connectivity index (χ1n) is 8.96. The smallest absolute Gasteiger partial charge is 0.317 e. The predicted molar refractivity (Wildman–Crippen MR) is 99.1 cm³/mol. The highest BCUT2D eigenvalue weighted by Crippen LogP contribution is 2.19. The van der Waals surface area contributed by atoms with Crippen molar-refractivity contribution in [2.45, 2.75) is 52.1 Å². The van der Waals surface area contributed by atoms with Gasteiger partial charge in [-0.25, -0.2) is 9.78 Å². The third-order valence-corrected chi connectivity index (χ3v) is 4.34. The Hall–Kier alpha value is -2.57. The van der Waals surface area contributed by atoms with Crippen LogP contribution in [0.4, 0.5) is 4.79 Å². The first-order valence-corrected chi connectivity index (χ1v) is 8.96. The Morgan fingerprint density at radius 2 is 1.92 bits per heavy atom. The van der Waals surface area contributed by atoms with Crippen LogP contribution in [0.15, 0.2) is 22.6 Å². The van der Waals surface area contributed by atoms with Gasteiger partial charge < -0.3 is 20.0 Å². The summed E-state index contributed by atoms with van der Waals surface area (Å²) in [5, 5.41) is 5.97. The Kier molecular flexibility index (Phi) is 4.89. The lowest BCUT2D eigenvalue weighted by Crippen LogP contribution is -2.53. The van der Waals surface area contributed by atoms with E-state index in [1.807, 2.05) is 39.8 Å². The average Bonchev–Trinajstić information content (AvgIpc) is 2.97. The zero-order chi connectivity index (χ0) is 18.9. The zero-order valence-electron chi connectivity index (χ0n) is 15.8. The summed E-state index contributed by atoms with van der Waals surface area (Å²) in [5.74, 6) is 0.0317. The van der Waals surface area contributed by atoms with Gasteiger partial charge in [0, 0.05) is 36.4 Å². The van der Waals surface area contributed by atoms with Gasteiger partial charge in [-0.3, -0.25) is 4.79 Å². The number of urea groups is 1. The van der Waals surface area contributed by atoms with Crippen LogP contribution in [-0.4, -0.2) is 46.5 Å². The standard InChI is InChI=1S/C19H26N4O3/c1-12-5-6-15-14(20-12)11-16(26-15)17(24)21-13-7-9-23(10-8-13)18(25)22-19(2,3)4/h5-6,11,13H,7-10H2,1-4H3,(H,21,24)(H,22,25). The first-order chi connectivity index (χ1) is 12.2. The summed E-state index contributed by atoms with van der Waals surface area (Å²) in [4.78, 5) is 30.8. The number of aryl methyl sites for hydroxylation is 1. The Morgan fingerprint density at radius 3 is 2.58 bits per heavy atom. The normalized spacial score (nSPS) is 15.9. The molecule has 0 bridgehead atoms. The molecule has 0 aliphatic carbocycles. The van der Waals surface area contributed by atoms with E-state index in [-0.39, 0.29) is 29.3 Å². The van der Waals surface area contributed by atoms with Crippen LogP contribution in [0.25, 0.3) is 11.1 Å². The van der Waals surface area contributed by atoms with E-state index in [1.54, 1.807) is 11.0 Å². The molecule has 7 nitrogen and oxygen atoms in total. The van der Waals surface area contributed by atoms with Crippen molar-refractivity contribution in [2.24, 2.45) is 0 Å². The molecule has 7 heteroatoms. The molecule has 1 aliphatic rings. The molecule has 3 amide bonds. The van der Waals surface area contributed by atoms with Gasteiger partial charge in [0.15, 0.2) is 11.3 Å². The van der Waals surface area contributed by atoms with E-state index >= 15 is 0 Å². The van der Waals surface area contributed by atoms with Crippen LogP contribution in [-0.2, 0) is 0 Å². The van der Waals surface area contributed by atoms with Crippen molar-refractivity contribution in [3.05, 3.63) is 29.7 Å². The molecule has 1 aliphatic heterocycles. The van der Waals surface area contributed by atoms with Crippen molar-refractivity contribution < 1.29 is 14.0 Å². The fourth-order valence-corrected chi connectivity index (χ4v) is 3.02. The lowest BCUT2D eigenvalue weighted by Gasteiger charge is -2.34. The number of carbonyl (C=O) groups is 2. The maximum absolute atomic E-state index is 12.4. The molecule has 1 fully saturated rings. The highest BCUT2D eigenvalue weighted by molar-refractivity contribution is 5.95. The van der Waals surface area contributed by atoms with Crippen molar-refractivity contribution in [3.63, 3.8) is 0 Å². The second-order valence-electron chi connectivity index (χ2n) is 7.86. The topological polar surface area (TPSA) is 87.5 Å². The van der Waals surface area contributed by atoms with Gasteiger partial charge in [0.2, 0.25) is 0 Å². The van der Waals surface area contributed by atoms with E-state index in [0.29, 0.717) is 24.2 Å². The van der Waals surface area contributed by atoms with Crippen molar-refractivity contribution in [1.29, 1.82) is 0 Å². The van der Waals surface area contributed by atoms with E-state index in [0.717, 1.165) is 18.5 Å². The van der Waals surface area contributed by atoms with Crippen LogP contribution in [0.2, 0.25) is 0 Å². The second-order valence-corrected chi connectivity index (χ2v) is 7.86. The zero-order valence-corrected chi connectivity index (χ0v) is 15.8. The minimum atomic E-state index is -0.254. The largest absolute Gasteiger partial charge is 0.449 e. The van der Waals surface area contributed by atoms with Gasteiger partial charge in [0.1, 0.15) is 5.52 Å². The highest BCUT2D eigenvalue weighted by atomic mass is 16.3. The van der Waals surface area contributed by atoms with Crippen LogP contribution in [0, 0.1) is 6.92 Å². The van der Waals surface area contributed by atoms with Crippen molar-refractivity contribution >= 4 is 23.0 Å². The van der Waals surface area contributed by atoms with Gasteiger partial charge in [0.25, 0.3) is 5.91 Å². The Bertz CT molecular complexity index is 814. The van der Waals surface area contributed by atoms with Crippen LogP contribution < -0.4 is 10.6 Å². The van der Waals surface area contributed by atoms with Crippen molar-refractivity contribution in [2.75, 3.05) is 13.1 Å². The summed E-state index contributed by atoms with van der Waals surface area (Å²) in [6.45, 7) is 9.02. The fourth-order valence-electron chi connectivity index (χ4n) is 3.02. The lowest BCUT2D eigenvalue weighted by molar-refractivity contribution is 0.0891. The van der Waals surface area contributed by atoms with Crippen LogP contribution in [0.5, 0.6) is 0 Å². The minimum absolute atomic E-state index is 0.0316. The molecule has 3 rings (SSSR count). The molecule has 1 saturated heterocycles. The Morgan fingerprint density at radius 1 is 1.23 bits per heavy atom. The van der Waals surface area contributed by atoms with Crippen LogP contribution in [0.3, 0.4) is 0 Å². The van der Waals surface area contributed by atoms with E-state index in [1.165, 1.54) is 0 Å². The maximum atomic E-state index is 12.4. The van der Waals surface area contributed by atoms with E-state index in [4.69, 9.17) is 4.42 Å². The molecule has 0 aromatic carbocycles. The number of amides is 3. The van der Waals surface area contributed by atoms with Crippen LogP contribution in [0.1, 0.15) is 49.9 Å². The molecule has 2 aromatic rings. The molecule has 3 heterocycles. The molecular formula is C19H26N4O3. The summed E-state index contributed by atoms with van der Waals surface area (Å²) in [6, 6.07) is 5.32. The number of hydrogen-bond donors (Lipinski definition) is 2. The van der Waals surface area contributed by atoms with Crippen molar-refractivity contribution in [3.8, 4) is 0 Å². The number of carbonyl (C=O) groups excluding carboxylic acids is 2. The summed E-state index contributed by atoms with van der Waals surface area (Å²) in [7, 11) is 0. The number of pyridine rings is 1. The number of nitrogens with zero attached hydrogens (tertiary/aromatic N) is 2. The van der Waals surface area contributed by atoms with E-state index < -0.39 is 0 Å². The van der Waals surface area contributed by atoms with Gasteiger partial charge in [-0.05, 0) is 52.7 Å². The SMILES string of the molecule is Cc1ccc2oc(C(=O)NC3CCN(C(=O)NC(C)(C)C)CC3)cc2n1. The minimum Gasteiger partial charge on any atom is -0.449 e. The maximum Gasteiger partial charge on any atom is 0.317 e. The van der Waals surface area contributed by atoms with Crippen molar-refractivity contribution in [1.82, 2.24) is 20.5 Å². The third-order valence-electron chi connectivity index (χ3n) is 4.34. The number of hydrogen-bond acceptors (Lipinski definition) is 4. The summed E-state index contributed by atoms with van der Waals surface area (Å²) in [5.41, 5.74) is 1.92. The molecule has 0 spiro atoms. The number of piperidine rings is 1. The van der Waals surface area contributed by atoms with E-state index in [2.05, 4.69) is 15.6 Å². The molecule has 2 aromatic heterocycles. The predicted octanol–water partition coefficient (Wildman–Crippen LogP) is 2.84. The monoisotopic (exact) mass is 358 g/mol. The quantitative estimate of drug-likeness (QED) is 0.864. The van der Waals surface area contributed by atoms with Gasteiger partial charge in [-0.15, -0.1) is 0 Å². The number of nitrogens with one attached hydrogen (secondary N) is 2. The number of rotatable bonds is 2. The van der Waals surface area contributed by atoms with E-state index in [9.17, 15) is 9.59 Å². The average molecular weight is 358 g/mol. The first kappa shape index (κ1) is 18.2. The molecule has 26 heavy (non-hydrogen) atoms. The van der Waals surface area contributed by atoms with Gasteiger partial charge in [-0.2, -0.15) is 0 Å². The second kappa shape index (κ2) is 6.97. The highest BCUT2D eigenvalue weighted by Gasteiger charge is 2.26. The Labute approximate surface area is 153 Å². The van der Waals surface area contributed by atoms with Gasteiger partial charge in [-0.1, -0.05) is 0 Å². The summed E-state index contributed by atoms with van der Waals surface area (Å²) < 4.78 is 5.59. The molecule has 0 atom stereocenters. The number of furan rings is 1. The fraction of sp³-hybridized carbons (Fsp3) is 0.526. The Balaban J connectivity index is 1.55. The molecule has 0 saturated carbocycles. The molecular weight excluding hydrogens is 332 g/mol. The number of fused-ring (bicyclic) bond motifs is 1. The molecule has 0 unspecified atom stereocenters. The summed E-state index contributed by atoms with van der Waals surface area (Å²) >= 11 is 0. The van der Waals surface area contributed by atoms with Gasteiger partial charge >= 0.3 is 6.03 Å². The van der Waals surface area contributed by atoms with Gasteiger partial charge in [0.05, 0.1) is 0 Å². The number of likely N-dealkylation sites (tertiary alicyclic amines) is 1. The number of aromatic nitrogens is 1. The molecule has 2 N–H and O–H groups in total. The van der Waals surface area contributed by atoms with Crippen LogP contribution >= 0.6 is 0 Å².